The molecule has 2 nitrogen and oxygen atoms in total. The van der Waals surface area contributed by atoms with Gasteiger partial charge in [0.2, 0.25) is 0 Å². The molecule has 1 N–H and O–H groups in total. The van der Waals surface area contributed by atoms with Crippen molar-refractivity contribution in [3.05, 3.63) is 28.0 Å². The molecule has 1 aliphatic heterocycles. The summed E-state index contributed by atoms with van der Waals surface area (Å²) >= 11 is 3.24. The van der Waals surface area contributed by atoms with Gasteiger partial charge in [-0.15, -0.1) is 0 Å². The topological polar surface area (TPSA) is 15.3 Å². The van der Waals surface area contributed by atoms with Crippen LogP contribution < -0.4 is 10.2 Å². The molecule has 18 heavy (non-hydrogen) atoms. The number of nitrogens with one attached hydrogen (secondary N) is 1. The Morgan fingerprint density at radius 1 is 1.50 bits per heavy atom. The highest BCUT2D eigenvalue weighted by Crippen LogP contribution is 2.29. The molecule has 0 bridgehead atoms. The van der Waals surface area contributed by atoms with Crippen LogP contribution in [-0.2, 0) is 0 Å². The lowest BCUT2D eigenvalue weighted by atomic mass is 10.0. The predicted molar refractivity (Wildman–Crippen MR) is 77.7 cm³/mol. The van der Waals surface area contributed by atoms with E-state index in [1.165, 1.54) is 0 Å². The molecule has 0 amide bonds. The van der Waals surface area contributed by atoms with Crippen LogP contribution in [0.1, 0.15) is 25.8 Å². The third-order valence-electron chi connectivity index (χ3n) is 3.63. The first-order valence-electron chi connectivity index (χ1n) is 6.48. The van der Waals surface area contributed by atoms with Crippen LogP contribution in [-0.4, -0.2) is 25.2 Å². The Labute approximate surface area is 117 Å². The van der Waals surface area contributed by atoms with Crippen LogP contribution in [0, 0.1) is 12.7 Å². The first kappa shape index (κ1) is 13.8. The molecular formula is C14H20BrFN2. The van der Waals surface area contributed by atoms with Crippen LogP contribution in [0.4, 0.5) is 10.1 Å². The Kier molecular flexibility index (Phi) is 4.28. The molecule has 2 atom stereocenters. The second-order valence-corrected chi connectivity index (χ2v) is 5.93. The third-order valence-corrected chi connectivity index (χ3v) is 4.24. The Morgan fingerprint density at radius 3 is 2.89 bits per heavy atom. The van der Waals surface area contributed by atoms with Gasteiger partial charge in [0.15, 0.2) is 0 Å². The maximum Gasteiger partial charge on any atom is 0.139 e. The highest BCUT2D eigenvalue weighted by atomic mass is 79.9. The minimum atomic E-state index is -0.184. The third kappa shape index (κ3) is 2.69. The second-order valence-electron chi connectivity index (χ2n) is 5.08. The van der Waals surface area contributed by atoms with E-state index < -0.39 is 0 Å². The van der Waals surface area contributed by atoms with E-state index in [4.69, 9.17) is 0 Å². The SMILES string of the molecule is CCC1CNC(C)CN1c1cc(F)c(Br)cc1C. The highest BCUT2D eigenvalue weighted by molar-refractivity contribution is 9.10. The summed E-state index contributed by atoms with van der Waals surface area (Å²) in [4.78, 5) is 2.34. The predicted octanol–water partition coefficient (Wildman–Crippen LogP) is 3.47. The standard InChI is InChI=1S/C14H20BrFN2/c1-4-11-7-17-10(3)8-18(11)14-6-13(16)12(15)5-9(14)2/h5-6,10-11,17H,4,7-8H2,1-3H3. The fourth-order valence-corrected chi connectivity index (χ4v) is 3.02. The summed E-state index contributed by atoms with van der Waals surface area (Å²) in [6.07, 6.45) is 1.07. The highest BCUT2D eigenvalue weighted by Gasteiger charge is 2.26. The van der Waals surface area contributed by atoms with Crippen LogP contribution in [0.15, 0.2) is 16.6 Å². The normalized spacial score (nSPS) is 24.4. The fourth-order valence-electron chi connectivity index (χ4n) is 2.56. The van der Waals surface area contributed by atoms with E-state index in [0.717, 1.165) is 30.8 Å². The minimum Gasteiger partial charge on any atom is -0.365 e. The van der Waals surface area contributed by atoms with Gasteiger partial charge >= 0.3 is 0 Å². The summed E-state index contributed by atoms with van der Waals surface area (Å²) in [5.41, 5.74) is 2.15. The van der Waals surface area contributed by atoms with E-state index in [1.807, 2.05) is 13.0 Å². The lowest BCUT2D eigenvalue weighted by Gasteiger charge is -2.41. The number of piperazine rings is 1. The van der Waals surface area contributed by atoms with Crippen LogP contribution in [0.3, 0.4) is 0 Å². The van der Waals surface area contributed by atoms with Gasteiger partial charge in [-0.1, -0.05) is 6.92 Å². The van der Waals surface area contributed by atoms with Crippen molar-refractivity contribution < 1.29 is 4.39 Å². The number of nitrogens with zero attached hydrogens (tertiary/aromatic N) is 1. The monoisotopic (exact) mass is 314 g/mol. The van der Waals surface area contributed by atoms with Crippen LogP contribution >= 0.6 is 15.9 Å². The smallest absolute Gasteiger partial charge is 0.139 e. The number of hydrogen-bond acceptors (Lipinski definition) is 2. The lowest BCUT2D eigenvalue weighted by Crippen LogP contribution is -2.55. The Hall–Kier alpha value is -0.610. The summed E-state index contributed by atoms with van der Waals surface area (Å²) in [5, 5.41) is 3.48. The number of hydrogen-bond donors (Lipinski definition) is 1. The number of aryl methyl sites for hydroxylation is 1. The second kappa shape index (κ2) is 5.57. The molecule has 1 heterocycles. The van der Waals surface area contributed by atoms with Crippen LogP contribution in [0.25, 0.3) is 0 Å². The number of anilines is 1. The molecule has 1 aromatic carbocycles. The minimum absolute atomic E-state index is 0.184. The van der Waals surface area contributed by atoms with E-state index >= 15 is 0 Å². The average molecular weight is 315 g/mol. The summed E-state index contributed by atoms with van der Waals surface area (Å²) in [6, 6.07) is 4.41. The first-order valence-corrected chi connectivity index (χ1v) is 7.28. The van der Waals surface area contributed by atoms with Crippen molar-refractivity contribution in [2.75, 3.05) is 18.0 Å². The molecule has 1 aromatic rings. The van der Waals surface area contributed by atoms with Gasteiger partial charge < -0.3 is 10.2 Å². The van der Waals surface area contributed by atoms with Crippen molar-refractivity contribution in [2.24, 2.45) is 0 Å². The molecule has 2 unspecified atom stereocenters. The van der Waals surface area contributed by atoms with Gasteiger partial charge in [-0.25, -0.2) is 4.39 Å². The van der Waals surface area contributed by atoms with Crippen molar-refractivity contribution in [1.29, 1.82) is 0 Å². The van der Waals surface area contributed by atoms with Crippen LogP contribution in [0.5, 0.6) is 0 Å². The van der Waals surface area contributed by atoms with Gasteiger partial charge in [-0.05, 0) is 53.9 Å². The van der Waals surface area contributed by atoms with Crippen molar-refractivity contribution in [2.45, 2.75) is 39.3 Å². The molecule has 1 saturated heterocycles. The zero-order valence-corrected chi connectivity index (χ0v) is 12.7. The van der Waals surface area contributed by atoms with Gasteiger partial charge in [0.05, 0.1) is 4.47 Å². The number of halogens is 2. The van der Waals surface area contributed by atoms with Gasteiger partial charge in [-0.2, -0.15) is 0 Å². The molecule has 1 aliphatic rings. The zero-order chi connectivity index (χ0) is 13.3. The molecular weight excluding hydrogens is 295 g/mol. The van der Waals surface area contributed by atoms with Gasteiger partial charge in [0, 0.05) is 30.9 Å². The lowest BCUT2D eigenvalue weighted by molar-refractivity contribution is 0.401. The van der Waals surface area contributed by atoms with Gasteiger partial charge in [0.25, 0.3) is 0 Å². The molecule has 2 rings (SSSR count). The van der Waals surface area contributed by atoms with Gasteiger partial charge in [0.1, 0.15) is 5.82 Å². The molecule has 0 radical (unpaired) electrons. The Morgan fingerprint density at radius 2 is 2.22 bits per heavy atom. The largest absolute Gasteiger partial charge is 0.365 e. The van der Waals surface area contributed by atoms with Crippen molar-refractivity contribution in [3.8, 4) is 0 Å². The maximum absolute atomic E-state index is 13.8. The quantitative estimate of drug-likeness (QED) is 0.899. The summed E-state index contributed by atoms with van der Waals surface area (Å²) in [5.74, 6) is -0.184. The molecule has 1 fully saturated rings. The first-order chi connectivity index (χ1) is 8.52. The van der Waals surface area contributed by atoms with E-state index in [0.29, 0.717) is 16.6 Å². The van der Waals surface area contributed by atoms with Crippen LogP contribution in [0.2, 0.25) is 0 Å². The Bertz CT molecular complexity index is 436. The number of rotatable bonds is 2. The Balaban J connectivity index is 2.36. The molecule has 0 aromatic heterocycles. The van der Waals surface area contributed by atoms with Crippen molar-refractivity contribution in [3.63, 3.8) is 0 Å². The molecule has 0 spiro atoms. The van der Waals surface area contributed by atoms with E-state index in [-0.39, 0.29) is 5.82 Å². The fraction of sp³-hybridized carbons (Fsp3) is 0.571. The van der Waals surface area contributed by atoms with E-state index in [2.05, 4.69) is 40.0 Å². The molecule has 0 saturated carbocycles. The van der Waals surface area contributed by atoms with E-state index in [9.17, 15) is 4.39 Å². The van der Waals surface area contributed by atoms with Crippen molar-refractivity contribution in [1.82, 2.24) is 5.32 Å². The average Bonchev–Trinajstić information content (AvgIpc) is 2.34. The summed E-state index contributed by atoms with van der Waals surface area (Å²) < 4.78 is 14.3. The number of benzene rings is 1. The molecule has 0 aliphatic carbocycles. The van der Waals surface area contributed by atoms with Gasteiger partial charge in [-0.3, -0.25) is 0 Å². The maximum atomic E-state index is 13.8. The van der Waals surface area contributed by atoms with E-state index in [1.54, 1.807) is 6.07 Å². The zero-order valence-electron chi connectivity index (χ0n) is 11.1. The summed E-state index contributed by atoms with van der Waals surface area (Å²) in [6.45, 7) is 8.29. The summed E-state index contributed by atoms with van der Waals surface area (Å²) in [7, 11) is 0. The molecule has 4 heteroatoms. The van der Waals surface area contributed by atoms with Crippen molar-refractivity contribution >= 4 is 21.6 Å². The molecule has 100 valence electrons.